The van der Waals surface area contributed by atoms with Crippen LogP contribution in [0.4, 0.5) is 0 Å². The van der Waals surface area contributed by atoms with Crippen LogP contribution in [0.15, 0.2) is 91.0 Å². The number of nitrogens with zero attached hydrogens (tertiary/aromatic N) is 1. The van der Waals surface area contributed by atoms with Crippen LogP contribution in [0.3, 0.4) is 0 Å². The fourth-order valence-corrected chi connectivity index (χ4v) is 3.72. The summed E-state index contributed by atoms with van der Waals surface area (Å²) in [6.07, 6.45) is 0.273. The standard InChI is InChI=1S/C25H23N3O2/c26-18-10-17-22(23(27)29)28-24(30)25(19-11-4-1-5-12-19,20-13-6-2-7-14-20)21-15-8-3-9-16-21/h1-9,11-16,22H,10,17H2,(H2,27,29)(H,28,30)/t22-/m0/s1. The third-order valence-electron chi connectivity index (χ3n) is 5.15. The Morgan fingerprint density at radius 2 is 1.23 bits per heavy atom. The van der Waals surface area contributed by atoms with Crippen molar-refractivity contribution in [2.24, 2.45) is 5.73 Å². The maximum atomic E-state index is 13.9. The molecule has 1 atom stereocenters. The molecule has 5 heteroatoms. The normalized spacial score (nSPS) is 11.8. The molecule has 0 aliphatic rings. The lowest BCUT2D eigenvalue weighted by molar-refractivity contribution is -0.129. The molecule has 5 nitrogen and oxygen atoms in total. The van der Waals surface area contributed by atoms with E-state index in [0.717, 1.165) is 16.7 Å². The highest BCUT2D eigenvalue weighted by atomic mass is 16.2. The fourth-order valence-electron chi connectivity index (χ4n) is 3.72. The average Bonchev–Trinajstić information content (AvgIpc) is 2.79. The highest BCUT2D eigenvalue weighted by Crippen LogP contribution is 2.39. The van der Waals surface area contributed by atoms with Gasteiger partial charge < -0.3 is 11.1 Å². The predicted octanol–water partition coefficient (Wildman–Crippen LogP) is 3.29. The third kappa shape index (κ3) is 4.08. The first-order valence-corrected chi connectivity index (χ1v) is 9.74. The molecule has 3 aromatic rings. The van der Waals surface area contributed by atoms with E-state index in [9.17, 15) is 9.59 Å². The van der Waals surface area contributed by atoms with E-state index in [1.807, 2.05) is 97.1 Å². The van der Waals surface area contributed by atoms with Crippen molar-refractivity contribution in [2.75, 3.05) is 0 Å². The average molecular weight is 397 g/mol. The van der Waals surface area contributed by atoms with Crippen molar-refractivity contribution in [2.45, 2.75) is 24.3 Å². The highest BCUT2D eigenvalue weighted by molar-refractivity contribution is 5.98. The Morgan fingerprint density at radius 1 is 0.833 bits per heavy atom. The molecule has 0 bridgehead atoms. The van der Waals surface area contributed by atoms with Gasteiger partial charge in [-0.1, -0.05) is 91.0 Å². The molecule has 0 saturated heterocycles. The first-order chi connectivity index (χ1) is 14.6. The van der Waals surface area contributed by atoms with Gasteiger partial charge in [0.1, 0.15) is 11.5 Å². The van der Waals surface area contributed by atoms with Gasteiger partial charge in [0.05, 0.1) is 6.07 Å². The number of rotatable bonds is 8. The number of amides is 2. The lowest BCUT2D eigenvalue weighted by Crippen LogP contribution is -2.53. The summed E-state index contributed by atoms with van der Waals surface area (Å²) < 4.78 is 0. The van der Waals surface area contributed by atoms with Gasteiger partial charge in [-0.15, -0.1) is 0 Å². The number of nitriles is 1. The van der Waals surface area contributed by atoms with Gasteiger partial charge in [-0.3, -0.25) is 9.59 Å². The van der Waals surface area contributed by atoms with E-state index in [2.05, 4.69) is 5.32 Å². The molecular formula is C25H23N3O2. The molecule has 0 spiro atoms. The van der Waals surface area contributed by atoms with Crippen LogP contribution in [-0.4, -0.2) is 17.9 Å². The van der Waals surface area contributed by atoms with Gasteiger partial charge in [-0.2, -0.15) is 5.26 Å². The molecule has 0 fully saturated rings. The fraction of sp³-hybridized carbons (Fsp3) is 0.160. The summed E-state index contributed by atoms with van der Waals surface area (Å²) >= 11 is 0. The Balaban J connectivity index is 2.22. The zero-order valence-corrected chi connectivity index (χ0v) is 16.5. The van der Waals surface area contributed by atoms with E-state index in [-0.39, 0.29) is 18.7 Å². The number of benzene rings is 3. The topological polar surface area (TPSA) is 96.0 Å². The van der Waals surface area contributed by atoms with Gasteiger partial charge in [-0.05, 0) is 23.1 Å². The first kappa shape index (κ1) is 20.8. The van der Waals surface area contributed by atoms with Crippen LogP contribution in [0.2, 0.25) is 0 Å². The van der Waals surface area contributed by atoms with Crippen molar-refractivity contribution in [3.63, 3.8) is 0 Å². The second kappa shape index (κ2) is 9.53. The molecule has 0 aliphatic carbocycles. The van der Waals surface area contributed by atoms with Crippen LogP contribution in [0.5, 0.6) is 0 Å². The van der Waals surface area contributed by atoms with E-state index in [4.69, 9.17) is 11.0 Å². The van der Waals surface area contributed by atoms with Gasteiger partial charge in [0.2, 0.25) is 11.8 Å². The summed E-state index contributed by atoms with van der Waals surface area (Å²) in [5, 5.41) is 11.7. The van der Waals surface area contributed by atoms with E-state index in [1.165, 1.54) is 0 Å². The summed E-state index contributed by atoms with van der Waals surface area (Å²) in [7, 11) is 0. The van der Waals surface area contributed by atoms with Gasteiger partial charge in [0, 0.05) is 6.42 Å². The predicted molar refractivity (Wildman–Crippen MR) is 115 cm³/mol. The molecule has 0 radical (unpaired) electrons. The third-order valence-corrected chi connectivity index (χ3v) is 5.15. The molecule has 0 aliphatic heterocycles. The van der Waals surface area contributed by atoms with Crippen molar-refractivity contribution in [3.05, 3.63) is 108 Å². The molecule has 0 heterocycles. The number of nitrogens with one attached hydrogen (secondary N) is 1. The van der Waals surface area contributed by atoms with Gasteiger partial charge >= 0.3 is 0 Å². The Kier molecular flexibility index (Phi) is 6.61. The minimum Gasteiger partial charge on any atom is -0.368 e. The zero-order chi connectivity index (χ0) is 21.4. The van der Waals surface area contributed by atoms with Crippen LogP contribution < -0.4 is 11.1 Å². The maximum absolute atomic E-state index is 13.9. The number of primary amides is 1. The molecule has 3 aromatic carbocycles. The van der Waals surface area contributed by atoms with E-state index >= 15 is 0 Å². The quantitative estimate of drug-likeness (QED) is 0.571. The van der Waals surface area contributed by atoms with Crippen molar-refractivity contribution in [1.82, 2.24) is 5.32 Å². The monoisotopic (exact) mass is 397 g/mol. The SMILES string of the molecule is N#CCC[C@H](NC(=O)C(c1ccccc1)(c1ccccc1)c1ccccc1)C(N)=O. The Morgan fingerprint density at radius 3 is 1.57 bits per heavy atom. The summed E-state index contributed by atoms with van der Waals surface area (Å²) in [6, 6.07) is 29.4. The molecule has 0 unspecified atom stereocenters. The van der Waals surface area contributed by atoms with Crippen LogP contribution in [0.25, 0.3) is 0 Å². The summed E-state index contributed by atoms with van der Waals surface area (Å²) in [5.74, 6) is -1.03. The van der Waals surface area contributed by atoms with Crippen molar-refractivity contribution >= 4 is 11.8 Å². The molecule has 3 rings (SSSR count). The van der Waals surface area contributed by atoms with Crippen molar-refractivity contribution in [3.8, 4) is 6.07 Å². The number of hydrogen-bond acceptors (Lipinski definition) is 3. The number of carbonyl (C=O) groups is 2. The lowest BCUT2D eigenvalue weighted by Gasteiger charge is -2.35. The summed E-state index contributed by atoms with van der Waals surface area (Å²) in [5.41, 5.74) is 6.63. The minimum absolute atomic E-state index is 0.114. The van der Waals surface area contributed by atoms with Crippen LogP contribution in [-0.2, 0) is 15.0 Å². The Labute approximate surface area is 176 Å². The summed E-state index contributed by atoms with van der Waals surface area (Å²) in [6.45, 7) is 0. The van der Waals surface area contributed by atoms with E-state index in [1.54, 1.807) is 0 Å². The number of nitrogens with two attached hydrogens (primary N) is 1. The first-order valence-electron chi connectivity index (χ1n) is 9.74. The van der Waals surface area contributed by atoms with E-state index < -0.39 is 17.4 Å². The molecule has 0 aromatic heterocycles. The second-order valence-corrected chi connectivity index (χ2v) is 6.97. The van der Waals surface area contributed by atoms with Crippen LogP contribution in [0.1, 0.15) is 29.5 Å². The van der Waals surface area contributed by atoms with E-state index in [0.29, 0.717) is 0 Å². The smallest absolute Gasteiger partial charge is 0.240 e. The lowest BCUT2D eigenvalue weighted by atomic mass is 9.68. The number of hydrogen-bond donors (Lipinski definition) is 2. The van der Waals surface area contributed by atoms with Gasteiger partial charge in [0.25, 0.3) is 0 Å². The molecule has 30 heavy (non-hydrogen) atoms. The molecule has 0 saturated carbocycles. The second-order valence-electron chi connectivity index (χ2n) is 6.97. The molecule has 2 amide bonds. The molecular weight excluding hydrogens is 374 g/mol. The van der Waals surface area contributed by atoms with Crippen molar-refractivity contribution < 1.29 is 9.59 Å². The zero-order valence-electron chi connectivity index (χ0n) is 16.5. The molecule has 150 valence electrons. The van der Waals surface area contributed by atoms with Crippen LogP contribution >= 0.6 is 0 Å². The Hall–Kier alpha value is -3.91. The highest BCUT2D eigenvalue weighted by Gasteiger charge is 2.44. The van der Waals surface area contributed by atoms with Gasteiger partial charge in [-0.25, -0.2) is 0 Å². The number of carbonyl (C=O) groups excluding carboxylic acids is 2. The van der Waals surface area contributed by atoms with Gasteiger partial charge in [0.15, 0.2) is 0 Å². The van der Waals surface area contributed by atoms with Crippen molar-refractivity contribution in [1.29, 1.82) is 5.26 Å². The largest absolute Gasteiger partial charge is 0.368 e. The maximum Gasteiger partial charge on any atom is 0.240 e. The summed E-state index contributed by atoms with van der Waals surface area (Å²) in [4.78, 5) is 25.9. The van der Waals surface area contributed by atoms with Crippen LogP contribution in [0, 0.1) is 11.3 Å². The Bertz CT molecular complexity index is 932. The molecule has 3 N–H and O–H groups in total. The minimum atomic E-state index is -1.19.